The normalized spacial score (nSPS) is 22.2. The van der Waals surface area contributed by atoms with Crippen LogP contribution in [-0.2, 0) is 18.0 Å². The van der Waals surface area contributed by atoms with E-state index >= 15 is 8.78 Å². The van der Waals surface area contributed by atoms with E-state index in [1.165, 1.54) is 0 Å². The molecule has 4 aromatic rings. The van der Waals surface area contributed by atoms with Crippen LogP contribution in [0.2, 0.25) is 0 Å². The summed E-state index contributed by atoms with van der Waals surface area (Å²) >= 11 is 0.947. The summed E-state index contributed by atoms with van der Waals surface area (Å²) in [6.45, 7) is 7.54. The van der Waals surface area contributed by atoms with Gasteiger partial charge >= 0.3 is 0 Å². The van der Waals surface area contributed by atoms with Gasteiger partial charge in [-0.3, -0.25) is 14.8 Å². The molecule has 3 atom stereocenters. The highest BCUT2D eigenvalue weighted by Crippen LogP contribution is 2.48. The van der Waals surface area contributed by atoms with Crippen molar-refractivity contribution in [3.8, 4) is 17.3 Å². The van der Waals surface area contributed by atoms with Crippen LogP contribution in [0.4, 0.5) is 25.5 Å². The molecule has 12 nitrogen and oxygen atoms in total. The number of anilines is 3. The van der Waals surface area contributed by atoms with E-state index in [1.54, 1.807) is 6.92 Å². The van der Waals surface area contributed by atoms with E-state index in [-0.39, 0.29) is 69.3 Å². The van der Waals surface area contributed by atoms with E-state index in [2.05, 4.69) is 30.7 Å². The molecule has 2 unspecified atom stereocenters. The average molecular weight is 678 g/mol. The lowest BCUT2D eigenvalue weighted by Crippen LogP contribution is -2.55. The van der Waals surface area contributed by atoms with E-state index in [9.17, 15) is 15.5 Å². The van der Waals surface area contributed by atoms with Gasteiger partial charge in [0.05, 0.1) is 53.5 Å². The lowest BCUT2D eigenvalue weighted by molar-refractivity contribution is 0.111. The molecule has 4 aliphatic heterocycles. The number of hydrogen-bond acceptors (Lipinski definition) is 13. The highest BCUT2D eigenvalue weighted by molar-refractivity contribution is 7.23. The number of halogens is 2. The highest BCUT2D eigenvalue weighted by Gasteiger charge is 2.43. The second kappa shape index (κ2) is 12.3. The number of benzene rings is 1. The van der Waals surface area contributed by atoms with Crippen LogP contribution >= 0.6 is 11.3 Å². The Bertz CT molecular complexity index is 1950. The van der Waals surface area contributed by atoms with Gasteiger partial charge in [-0.1, -0.05) is 0 Å². The number of hydrogen-bond donors (Lipinski definition) is 3. The zero-order valence-corrected chi connectivity index (χ0v) is 27.4. The van der Waals surface area contributed by atoms with Crippen molar-refractivity contribution in [1.29, 1.82) is 5.26 Å². The number of nitrogens with two attached hydrogens (primary N) is 1. The first kappa shape index (κ1) is 31.5. The summed E-state index contributed by atoms with van der Waals surface area (Å²) in [6, 6.07) is 2.33. The molecule has 0 amide bonds. The Kier molecular flexibility index (Phi) is 8.05. The molecule has 8 rings (SSSR count). The van der Waals surface area contributed by atoms with Gasteiger partial charge in [0.2, 0.25) is 5.95 Å². The Morgan fingerprint density at radius 2 is 1.81 bits per heavy atom. The molecule has 48 heavy (non-hydrogen) atoms. The number of rotatable bonds is 7. The van der Waals surface area contributed by atoms with Crippen LogP contribution in [0.3, 0.4) is 0 Å². The van der Waals surface area contributed by atoms with E-state index in [4.69, 9.17) is 20.4 Å². The van der Waals surface area contributed by atoms with Crippen LogP contribution in [0, 0.1) is 23.0 Å². The van der Waals surface area contributed by atoms with Gasteiger partial charge in [0.25, 0.3) is 0 Å². The number of nitriles is 1. The first-order valence-corrected chi connectivity index (χ1v) is 17.3. The van der Waals surface area contributed by atoms with Gasteiger partial charge in [-0.25, -0.2) is 13.8 Å². The predicted molar refractivity (Wildman–Crippen MR) is 179 cm³/mol. The van der Waals surface area contributed by atoms with Gasteiger partial charge in [-0.15, -0.1) is 11.3 Å². The fourth-order valence-corrected chi connectivity index (χ4v) is 9.06. The van der Waals surface area contributed by atoms with Gasteiger partial charge in [-0.2, -0.15) is 10.2 Å². The zero-order valence-electron chi connectivity index (χ0n) is 26.6. The number of thiophene rings is 1. The van der Waals surface area contributed by atoms with Gasteiger partial charge in [-0.05, 0) is 30.9 Å². The Hall–Kier alpha value is -3.78. The summed E-state index contributed by atoms with van der Waals surface area (Å²) in [5.41, 5.74) is 7.98. The molecule has 2 bridgehead atoms. The number of β-amino-alcohol motifs (C(OH)–C–C–N with tert-alkyl or cyclic N) is 2. The Morgan fingerprint density at radius 3 is 2.50 bits per heavy atom. The largest absolute Gasteiger partial charge is 0.395 e. The molecule has 4 aliphatic rings. The number of nitrogen functional groups attached to an aromatic ring is 1. The van der Waals surface area contributed by atoms with Crippen LogP contribution in [0.25, 0.3) is 32.2 Å². The van der Waals surface area contributed by atoms with E-state index in [0.29, 0.717) is 62.0 Å². The molecule has 15 heteroatoms. The Labute approximate surface area is 280 Å². The van der Waals surface area contributed by atoms with Gasteiger partial charge in [0.15, 0.2) is 11.6 Å². The number of pyridine rings is 1. The van der Waals surface area contributed by atoms with Crippen molar-refractivity contribution >= 4 is 49.1 Å². The number of nitrogens with zero attached hydrogens (tertiary/aromatic N) is 8. The molecule has 0 aliphatic carbocycles. The smallest absolute Gasteiger partial charge is 0.228 e. The lowest BCUT2D eigenvalue weighted by Gasteiger charge is -2.43. The van der Waals surface area contributed by atoms with Crippen molar-refractivity contribution in [3.05, 3.63) is 34.5 Å². The predicted octanol–water partition coefficient (Wildman–Crippen LogP) is 2.82. The molecule has 3 saturated heterocycles. The maximum Gasteiger partial charge on any atom is 0.228 e. The number of aliphatic hydroxyl groups is 2. The molecule has 1 aromatic carbocycles. The zero-order chi connectivity index (χ0) is 33.3. The standard InChI is InChI=1S/C33H37F2N9O3S/c1-17(46)12-42-13-18-2-3-19(14-42)44(18)32-26-22-16-47-15-21(22)24(28-25-20(10-36)31(37)48-30(25)23(34)11-38-28)27(35)29(26)39-33(40-32)43-6-4-41(5-7-43)8-9-45/h11,17-19,45-46H,2-9,12-16,37H2,1H3/t17-,18?,19?/m1/s1. The number of ether oxygens (including phenoxy) is 1. The van der Waals surface area contributed by atoms with Crippen molar-refractivity contribution < 1.29 is 23.7 Å². The van der Waals surface area contributed by atoms with Gasteiger partial charge in [0, 0.05) is 75.4 Å². The fraction of sp³-hybridized carbons (Fsp3) is 0.515. The van der Waals surface area contributed by atoms with Gasteiger partial charge < -0.3 is 30.5 Å². The van der Waals surface area contributed by atoms with E-state index < -0.39 is 17.7 Å². The van der Waals surface area contributed by atoms with Crippen LogP contribution in [-0.4, -0.2) is 112 Å². The monoisotopic (exact) mass is 677 g/mol. The molecular weight excluding hydrogens is 640 g/mol. The third kappa shape index (κ3) is 5.05. The SMILES string of the molecule is C[C@@H](O)CN1CC2CCC(C1)N2c1nc(N2CCN(CCO)CC2)nc2c(F)c(-c3ncc(F)c4sc(N)c(C#N)c34)c3c(c12)COC3. The minimum atomic E-state index is -0.626. The third-order valence-corrected chi connectivity index (χ3v) is 11.2. The lowest BCUT2D eigenvalue weighted by atomic mass is 9.93. The molecular formula is C33H37F2N9O3S. The van der Waals surface area contributed by atoms with Crippen molar-refractivity contribution in [3.63, 3.8) is 0 Å². The first-order valence-electron chi connectivity index (χ1n) is 16.4. The molecule has 0 spiro atoms. The number of likely N-dealkylation sites (tertiary alicyclic amines) is 1. The van der Waals surface area contributed by atoms with Crippen molar-refractivity contribution in [2.45, 2.75) is 51.2 Å². The molecule has 252 valence electrons. The molecule has 7 heterocycles. The Morgan fingerprint density at radius 1 is 1.08 bits per heavy atom. The average Bonchev–Trinajstić information content (AvgIpc) is 3.76. The summed E-state index contributed by atoms with van der Waals surface area (Å²) in [7, 11) is 0. The van der Waals surface area contributed by atoms with Crippen molar-refractivity contribution in [2.24, 2.45) is 0 Å². The van der Waals surface area contributed by atoms with Crippen LogP contribution in [0.1, 0.15) is 36.5 Å². The van der Waals surface area contributed by atoms with Crippen molar-refractivity contribution in [1.82, 2.24) is 24.8 Å². The third-order valence-electron chi connectivity index (χ3n) is 10.2. The van der Waals surface area contributed by atoms with Crippen LogP contribution in [0.15, 0.2) is 6.20 Å². The van der Waals surface area contributed by atoms with Crippen LogP contribution in [0.5, 0.6) is 0 Å². The number of piperazine rings is 2. The number of fused-ring (bicyclic) bond motifs is 6. The molecule has 3 fully saturated rings. The summed E-state index contributed by atoms with van der Waals surface area (Å²) in [4.78, 5) is 23.4. The minimum Gasteiger partial charge on any atom is -0.395 e. The van der Waals surface area contributed by atoms with E-state index in [1.807, 2.05) is 0 Å². The first-order chi connectivity index (χ1) is 23.3. The second-order valence-electron chi connectivity index (χ2n) is 13.2. The highest BCUT2D eigenvalue weighted by atomic mass is 32.1. The number of aliphatic hydroxyl groups excluding tert-OH is 2. The van der Waals surface area contributed by atoms with Crippen LogP contribution < -0.4 is 15.5 Å². The second-order valence-corrected chi connectivity index (χ2v) is 14.3. The summed E-state index contributed by atoms with van der Waals surface area (Å²) in [6.07, 6.45) is 2.52. The maximum atomic E-state index is 17.5. The fourth-order valence-electron chi connectivity index (χ4n) is 8.14. The molecule has 0 radical (unpaired) electrons. The van der Waals surface area contributed by atoms with Gasteiger partial charge in [0.1, 0.15) is 22.4 Å². The molecule has 3 aromatic heterocycles. The summed E-state index contributed by atoms with van der Waals surface area (Å²) in [5.74, 6) is -0.144. The quantitative estimate of drug-likeness (QED) is 0.264. The number of aromatic nitrogens is 3. The van der Waals surface area contributed by atoms with E-state index in [0.717, 1.165) is 49.0 Å². The molecule has 4 N–H and O–H groups in total. The topological polar surface area (TPSA) is 151 Å². The van der Waals surface area contributed by atoms with Crippen molar-refractivity contribution in [2.75, 3.05) is 74.5 Å². The minimum absolute atomic E-state index is 0.0700. The Balaban J connectivity index is 1.35. The maximum absolute atomic E-state index is 17.5. The summed E-state index contributed by atoms with van der Waals surface area (Å²) < 4.78 is 38.6. The molecule has 0 saturated carbocycles. The summed E-state index contributed by atoms with van der Waals surface area (Å²) in [5, 5.41) is 30.5.